The number of carboxylic acid groups (broad SMARTS) is 1. The van der Waals surface area contributed by atoms with Crippen LogP contribution in [0.4, 0.5) is 0 Å². The summed E-state index contributed by atoms with van der Waals surface area (Å²) in [6.45, 7) is 3.08. The average molecular weight is 174 g/mol. The number of nitrogens with one attached hydrogen (secondary N) is 1. The van der Waals surface area contributed by atoms with E-state index in [1.807, 2.05) is 0 Å². The molecule has 2 atom stereocenters. The summed E-state index contributed by atoms with van der Waals surface area (Å²) >= 11 is 0. The van der Waals surface area contributed by atoms with E-state index in [1.54, 1.807) is 11.8 Å². The number of nitrogens with zero attached hydrogens (tertiary/aromatic N) is 1. The minimum atomic E-state index is -0.847. The summed E-state index contributed by atoms with van der Waals surface area (Å²) in [6, 6.07) is 0. The molecule has 5 heteroatoms. The summed E-state index contributed by atoms with van der Waals surface area (Å²) in [4.78, 5) is 12.1. The Morgan fingerprint density at radius 3 is 3.00 bits per heavy atom. The monoisotopic (exact) mass is 174 g/mol. The quantitative estimate of drug-likeness (QED) is 0.513. The van der Waals surface area contributed by atoms with Gasteiger partial charge < -0.3 is 10.2 Å². The van der Waals surface area contributed by atoms with E-state index in [4.69, 9.17) is 5.11 Å². The maximum Gasteiger partial charge on any atom is 0.306 e. The molecule has 1 fully saturated rings. The largest absolute Gasteiger partial charge is 0.481 e. The van der Waals surface area contributed by atoms with Crippen molar-refractivity contribution in [2.24, 2.45) is 0 Å². The fourth-order valence-electron chi connectivity index (χ4n) is 1.44. The lowest BCUT2D eigenvalue weighted by Gasteiger charge is -2.25. The van der Waals surface area contributed by atoms with Gasteiger partial charge in [0.2, 0.25) is 0 Å². The lowest BCUT2D eigenvalue weighted by atomic mass is 10.3. The first-order valence-electron chi connectivity index (χ1n) is 4.00. The van der Waals surface area contributed by atoms with Crippen molar-refractivity contribution in [2.45, 2.75) is 25.7 Å². The Morgan fingerprint density at radius 1 is 1.83 bits per heavy atom. The summed E-state index contributed by atoms with van der Waals surface area (Å²) in [5.41, 5.74) is 0. The highest BCUT2D eigenvalue weighted by Crippen LogP contribution is 2.09. The van der Waals surface area contributed by atoms with E-state index in [0.29, 0.717) is 6.54 Å². The molecular formula is C7H14N2O3. The highest BCUT2D eigenvalue weighted by Gasteiger charge is 2.28. The fraction of sp³-hybridized carbons (Fsp3) is 0.857. The van der Waals surface area contributed by atoms with E-state index in [0.717, 1.165) is 6.54 Å². The molecular weight excluding hydrogens is 160 g/mol. The van der Waals surface area contributed by atoms with Crippen molar-refractivity contribution in [1.82, 2.24) is 10.2 Å². The standard InChI is InChI=1S/C7H14N2O3/c1-5(10)9-3-2-8-6(9)4-7(11)12/h5-6,8,10H,2-4H2,1H3,(H,11,12). The van der Waals surface area contributed by atoms with E-state index in [2.05, 4.69) is 5.32 Å². The number of aliphatic hydroxyl groups is 1. The molecule has 3 N–H and O–H groups in total. The SMILES string of the molecule is CC(O)N1CCNC1CC(=O)O. The second kappa shape index (κ2) is 3.84. The number of aliphatic hydroxyl groups excluding tert-OH is 1. The van der Waals surface area contributed by atoms with Gasteiger partial charge in [-0.15, -0.1) is 0 Å². The summed E-state index contributed by atoms with van der Waals surface area (Å²) in [5, 5.41) is 20.8. The van der Waals surface area contributed by atoms with Crippen LogP contribution in [0.15, 0.2) is 0 Å². The molecule has 0 radical (unpaired) electrons. The first-order valence-corrected chi connectivity index (χ1v) is 4.00. The predicted octanol–water partition coefficient (Wildman–Crippen LogP) is -0.969. The van der Waals surface area contributed by atoms with Gasteiger partial charge in [-0.3, -0.25) is 15.0 Å². The predicted molar refractivity (Wildman–Crippen MR) is 42.4 cm³/mol. The molecule has 0 spiro atoms. The lowest BCUT2D eigenvalue weighted by molar-refractivity contribution is -0.139. The normalized spacial score (nSPS) is 27.3. The third-order valence-corrected chi connectivity index (χ3v) is 2.00. The Kier molecular flexibility index (Phi) is 3.02. The van der Waals surface area contributed by atoms with Crippen LogP contribution in [-0.4, -0.2) is 46.6 Å². The van der Waals surface area contributed by atoms with Gasteiger partial charge in [0.15, 0.2) is 0 Å². The molecule has 12 heavy (non-hydrogen) atoms. The minimum absolute atomic E-state index is 0.0326. The van der Waals surface area contributed by atoms with Crippen LogP contribution in [0.5, 0.6) is 0 Å². The Labute approximate surface area is 71.0 Å². The molecule has 0 aromatic carbocycles. The molecule has 70 valence electrons. The van der Waals surface area contributed by atoms with Gasteiger partial charge in [-0.05, 0) is 6.92 Å². The minimum Gasteiger partial charge on any atom is -0.481 e. The van der Waals surface area contributed by atoms with Gasteiger partial charge in [-0.2, -0.15) is 0 Å². The topological polar surface area (TPSA) is 72.8 Å². The van der Waals surface area contributed by atoms with Crippen molar-refractivity contribution in [3.63, 3.8) is 0 Å². The number of carbonyl (C=O) groups is 1. The van der Waals surface area contributed by atoms with Crippen molar-refractivity contribution < 1.29 is 15.0 Å². The molecule has 0 aliphatic carbocycles. The number of hydrogen-bond acceptors (Lipinski definition) is 4. The Balaban J connectivity index is 2.46. The van der Waals surface area contributed by atoms with Crippen LogP contribution in [0.2, 0.25) is 0 Å². The van der Waals surface area contributed by atoms with Gasteiger partial charge in [0.25, 0.3) is 0 Å². The zero-order valence-corrected chi connectivity index (χ0v) is 7.03. The number of aliphatic carboxylic acids is 1. The van der Waals surface area contributed by atoms with Crippen LogP contribution >= 0.6 is 0 Å². The van der Waals surface area contributed by atoms with Crippen molar-refractivity contribution in [3.05, 3.63) is 0 Å². The molecule has 1 aliphatic heterocycles. The summed E-state index contributed by atoms with van der Waals surface area (Å²) in [6.07, 6.45) is -0.767. The smallest absolute Gasteiger partial charge is 0.306 e. The first-order chi connectivity index (χ1) is 5.61. The Hall–Kier alpha value is -0.650. The zero-order chi connectivity index (χ0) is 9.14. The van der Waals surface area contributed by atoms with E-state index < -0.39 is 12.2 Å². The van der Waals surface area contributed by atoms with Crippen molar-refractivity contribution in [1.29, 1.82) is 0 Å². The Bertz CT molecular complexity index is 172. The molecule has 1 saturated heterocycles. The molecule has 5 nitrogen and oxygen atoms in total. The number of hydrogen-bond donors (Lipinski definition) is 3. The van der Waals surface area contributed by atoms with Crippen LogP contribution in [0.25, 0.3) is 0 Å². The van der Waals surface area contributed by atoms with Gasteiger partial charge in [-0.25, -0.2) is 0 Å². The van der Waals surface area contributed by atoms with Crippen molar-refractivity contribution in [2.75, 3.05) is 13.1 Å². The number of rotatable bonds is 3. The fourth-order valence-corrected chi connectivity index (χ4v) is 1.44. The zero-order valence-electron chi connectivity index (χ0n) is 7.03. The average Bonchev–Trinajstić information content (AvgIpc) is 2.33. The van der Waals surface area contributed by atoms with Gasteiger partial charge >= 0.3 is 5.97 Å². The van der Waals surface area contributed by atoms with Gasteiger partial charge in [-0.1, -0.05) is 0 Å². The maximum atomic E-state index is 10.4. The molecule has 0 bridgehead atoms. The van der Waals surface area contributed by atoms with Gasteiger partial charge in [0.05, 0.1) is 12.6 Å². The van der Waals surface area contributed by atoms with E-state index >= 15 is 0 Å². The van der Waals surface area contributed by atoms with Crippen LogP contribution in [0.3, 0.4) is 0 Å². The molecule has 0 aromatic rings. The van der Waals surface area contributed by atoms with E-state index in [9.17, 15) is 9.90 Å². The molecule has 1 aliphatic rings. The number of carboxylic acids is 1. The summed E-state index contributed by atoms with van der Waals surface area (Å²) < 4.78 is 0. The van der Waals surface area contributed by atoms with E-state index in [-0.39, 0.29) is 12.6 Å². The lowest BCUT2D eigenvalue weighted by Crippen LogP contribution is -2.42. The van der Waals surface area contributed by atoms with Gasteiger partial charge in [0, 0.05) is 13.1 Å². The van der Waals surface area contributed by atoms with Crippen molar-refractivity contribution in [3.8, 4) is 0 Å². The molecule has 0 amide bonds. The van der Waals surface area contributed by atoms with Crippen molar-refractivity contribution >= 4 is 5.97 Å². The Morgan fingerprint density at radius 2 is 2.50 bits per heavy atom. The highest BCUT2D eigenvalue weighted by atomic mass is 16.4. The molecule has 1 rings (SSSR count). The van der Waals surface area contributed by atoms with Crippen LogP contribution in [0.1, 0.15) is 13.3 Å². The maximum absolute atomic E-state index is 10.4. The molecule has 2 unspecified atom stereocenters. The molecule has 1 heterocycles. The molecule has 0 aromatic heterocycles. The third kappa shape index (κ3) is 2.17. The highest BCUT2D eigenvalue weighted by molar-refractivity contribution is 5.67. The summed E-state index contributed by atoms with van der Waals surface area (Å²) in [7, 11) is 0. The summed E-state index contributed by atoms with van der Waals surface area (Å²) in [5.74, 6) is -0.847. The molecule has 0 saturated carbocycles. The van der Waals surface area contributed by atoms with E-state index in [1.165, 1.54) is 0 Å². The second-order valence-corrected chi connectivity index (χ2v) is 2.94. The van der Waals surface area contributed by atoms with Crippen LogP contribution < -0.4 is 5.32 Å². The van der Waals surface area contributed by atoms with Crippen LogP contribution in [0, 0.1) is 0 Å². The van der Waals surface area contributed by atoms with Crippen LogP contribution in [-0.2, 0) is 4.79 Å². The second-order valence-electron chi connectivity index (χ2n) is 2.94. The third-order valence-electron chi connectivity index (χ3n) is 2.00. The first kappa shape index (κ1) is 9.44. The van der Waals surface area contributed by atoms with Gasteiger partial charge in [0.1, 0.15) is 6.23 Å².